The van der Waals surface area contributed by atoms with Crippen LogP contribution in [0.25, 0.3) is 0 Å². The first-order valence-electron chi connectivity index (χ1n) is 3.52. The van der Waals surface area contributed by atoms with Crippen LogP contribution in [-0.2, 0) is 4.84 Å². The van der Waals surface area contributed by atoms with E-state index in [1.54, 1.807) is 0 Å². The summed E-state index contributed by atoms with van der Waals surface area (Å²) in [5.41, 5.74) is 0. The van der Waals surface area contributed by atoms with E-state index in [-0.39, 0.29) is 6.10 Å². The topological polar surface area (TPSA) is 33.6 Å². The van der Waals surface area contributed by atoms with Gasteiger partial charge in [-0.2, -0.15) is 0 Å². The molecule has 0 amide bonds. The SMILES string of the molecule is C=CCNC[C@@H]1CC(Br)=NO1. The van der Waals surface area contributed by atoms with E-state index >= 15 is 0 Å². The molecule has 1 atom stereocenters. The molecule has 0 bridgehead atoms. The Balaban J connectivity index is 2.06. The third-order valence-electron chi connectivity index (χ3n) is 1.36. The van der Waals surface area contributed by atoms with Crippen LogP contribution in [0, 0.1) is 0 Å². The number of hydrogen-bond donors (Lipinski definition) is 1. The van der Waals surface area contributed by atoms with Crippen molar-refractivity contribution >= 4 is 20.6 Å². The highest BCUT2D eigenvalue weighted by molar-refractivity contribution is 9.18. The highest BCUT2D eigenvalue weighted by Gasteiger charge is 2.17. The van der Waals surface area contributed by atoms with Gasteiger partial charge in [-0.15, -0.1) is 6.58 Å². The predicted molar refractivity (Wildman–Crippen MR) is 48.9 cm³/mol. The summed E-state index contributed by atoms with van der Waals surface area (Å²) in [5.74, 6) is 0. The monoisotopic (exact) mass is 218 g/mol. The molecule has 0 aliphatic carbocycles. The van der Waals surface area contributed by atoms with Gasteiger partial charge in [-0.3, -0.25) is 0 Å². The highest BCUT2D eigenvalue weighted by atomic mass is 79.9. The molecule has 0 spiro atoms. The van der Waals surface area contributed by atoms with Crippen LogP contribution < -0.4 is 5.32 Å². The molecular formula is C7H11BrN2O. The molecule has 1 aliphatic rings. The summed E-state index contributed by atoms with van der Waals surface area (Å²) in [6.45, 7) is 5.24. The molecule has 1 heterocycles. The molecule has 0 saturated carbocycles. The lowest BCUT2D eigenvalue weighted by Gasteiger charge is -2.06. The van der Waals surface area contributed by atoms with Gasteiger partial charge in [0, 0.05) is 19.5 Å². The van der Waals surface area contributed by atoms with Crippen molar-refractivity contribution in [2.75, 3.05) is 13.1 Å². The molecule has 3 nitrogen and oxygen atoms in total. The second-order valence-corrected chi connectivity index (χ2v) is 3.26. The summed E-state index contributed by atoms with van der Waals surface area (Å²) in [6, 6.07) is 0. The summed E-state index contributed by atoms with van der Waals surface area (Å²) in [4.78, 5) is 5.06. The van der Waals surface area contributed by atoms with Crippen molar-refractivity contribution < 1.29 is 4.84 Å². The molecule has 0 aromatic heterocycles. The van der Waals surface area contributed by atoms with Crippen LogP contribution >= 0.6 is 15.9 Å². The molecule has 0 saturated heterocycles. The van der Waals surface area contributed by atoms with Crippen LogP contribution in [0.1, 0.15) is 6.42 Å². The molecule has 0 radical (unpaired) electrons. The van der Waals surface area contributed by atoms with Crippen LogP contribution in [0.3, 0.4) is 0 Å². The van der Waals surface area contributed by atoms with Gasteiger partial charge in [0.15, 0.2) is 0 Å². The molecular weight excluding hydrogens is 208 g/mol. The van der Waals surface area contributed by atoms with Gasteiger partial charge in [0.2, 0.25) is 0 Å². The number of rotatable bonds is 4. The third-order valence-corrected chi connectivity index (χ3v) is 1.83. The summed E-state index contributed by atoms with van der Waals surface area (Å²) in [7, 11) is 0. The van der Waals surface area contributed by atoms with Crippen LogP contribution in [0.15, 0.2) is 17.8 Å². The van der Waals surface area contributed by atoms with Gasteiger partial charge >= 0.3 is 0 Å². The quantitative estimate of drug-likeness (QED) is 0.570. The van der Waals surface area contributed by atoms with E-state index in [1.165, 1.54) is 0 Å². The average molecular weight is 219 g/mol. The molecule has 4 heteroatoms. The lowest BCUT2D eigenvalue weighted by molar-refractivity contribution is 0.0859. The normalized spacial score (nSPS) is 22.6. The van der Waals surface area contributed by atoms with E-state index in [4.69, 9.17) is 4.84 Å². The smallest absolute Gasteiger partial charge is 0.146 e. The zero-order valence-electron chi connectivity index (χ0n) is 6.22. The summed E-state index contributed by atoms with van der Waals surface area (Å²) >= 11 is 3.26. The number of nitrogens with one attached hydrogen (secondary N) is 1. The second kappa shape index (κ2) is 4.51. The van der Waals surface area contributed by atoms with Crippen molar-refractivity contribution in [2.24, 2.45) is 5.16 Å². The van der Waals surface area contributed by atoms with Gasteiger partial charge in [0.1, 0.15) is 10.7 Å². The minimum atomic E-state index is 0.185. The fraction of sp³-hybridized carbons (Fsp3) is 0.571. The van der Waals surface area contributed by atoms with Gasteiger partial charge in [0.25, 0.3) is 0 Å². The zero-order chi connectivity index (χ0) is 8.10. The highest BCUT2D eigenvalue weighted by Crippen LogP contribution is 2.12. The number of hydrogen-bond acceptors (Lipinski definition) is 3. The molecule has 1 rings (SSSR count). The van der Waals surface area contributed by atoms with Crippen LogP contribution in [0.5, 0.6) is 0 Å². The predicted octanol–water partition coefficient (Wildman–Crippen LogP) is 1.26. The average Bonchev–Trinajstić information content (AvgIpc) is 2.37. The number of halogens is 1. The largest absolute Gasteiger partial charge is 0.390 e. The van der Waals surface area contributed by atoms with Crippen LogP contribution in [0.4, 0.5) is 0 Å². The van der Waals surface area contributed by atoms with E-state index in [2.05, 4.69) is 33.0 Å². The fourth-order valence-electron chi connectivity index (χ4n) is 0.850. The Kier molecular flexibility index (Phi) is 3.59. The molecule has 0 unspecified atom stereocenters. The number of oxime groups is 1. The van der Waals surface area contributed by atoms with Crippen molar-refractivity contribution in [1.82, 2.24) is 5.32 Å². The van der Waals surface area contributed by atoms with Crippen molar-refractivity contribution in [3.8, 4) is 0 Å². The van der Waals surface area contributed by atoms with Crippen molar-refractivity contribution in [1.29, 1.82) is 0 Å². The van der Waals surface area contributed by atoms with Crippen LogP contribution in [-0.4, -0.2) is 23.8 Å². The van der Waals surface area contributed by atoms with E-state index in [0.29, 0.717) is 0 Å². The van der Waals surface area contributed by atoms with Crippen molar-refractivity contribution in [2.45, 2.75) is 12.5 Å². The maximum atomic E-state index is 5.06. The summed E-state index contributed by atoms with van der Waals surface area (Å²) in [6.07, 6.45) is 2.87. The Morgan fingerprint density at radius 2 is 2.73 bits per heavy atom. The minimum absolute atomic E-state index is 0.185. The maximum Gasteiger partial charge on any atom is 0.146 e. The second-order valence-electron chi connectivity index (χ2n) is 2.35. The Labute approximate surface area is 74.6 Å². The van der Waals surface area contributed by atoms with Crippen LogP contribution in [0.2, 0.25) is 0 Å². The lowest BCUT2D eigenvalue weighted by Crippen LogP contribution is -2.26. The molecule has 1 N–H and O–H groups in total. The zero-order valence-corrected chi connectivity index (χ0v) is 7.80. The standard InChI is InChI=1S/C7H11BrN2O/c1-2-3-9-5-6-4-7(8)10-11-6/h2,6,9H,1,3-5H2/t6-/m0/s1. The van der Waals surface area contributed by atoms with E-state index in [1.807, 2.05) is 6.08 Å². The van der Waals surface area contributed by atoms with Gasteiger partial charge in [-0.25, -0.2) is 0 Å². The van der Waals surface area contributed by atoms with E-state index < -0.39 is 0 Å². The first-order valence-corrected chi connectivity index (χ1v) is 4.32. The van der Waals surface area contributed by atoms with E-state index in [9.17, 15) is 0 Å². The molecule has 62 valence electrons. The Hall–Kier alpha value is -0.350. The third kappa shape index (κ3) is 3.03. The van der Waals surface area contributed by atoms with Crippen molar-refractivity contribution in [3.05, 3.63) is 12.7 Å². The van der Waals surface area contributed by atoms with E-state index in [0.717, 1.165) is 24.1 Å². The Morgan fingerprint density at radius 3 is 3.27 bits per heavy atom. The van der Waals surface area contributed by atoms with Crippen molar-refractivity contribution in [3.63, 3.8) is 0 Å². The first-order chi connectivity index (χ1) is 5.33. The lowest BCUT2D eigenvalue weighted by atomic mass is 10.3. The molecule has 0 fully saturated rings. The minimum Gasteiger partial charge on any atom is -0.390 e. The van der Waals surface area contributed by atoms with Gasteiger partial charge < -0.3 is 10.2 Å². The van der Waals surface area contributed by atoms with Gasteiger partial charge in [0.05, 0.1) is 0 Å². The van der Waals surface area contributed by atoms with Gasteiger partial charge in [-0.1, -0.05) is 11.2 Å². The molecule has 1 aliphatic heterocycles. The first kappa shape index (κ1) is 8.74. The Bertz CT molecular complexity index is 170. The fourth-order valence-corrected chi connectivity index (χ4v) is 1.29. The summed E-state index contributed by atoms with van der Waals surface area (Å²) in [5, 5.41) is 6.92. The summed E-state index contributed by atoms with van der Waals surface area (Å²) < 4.78 is 0.892. The van der Waals surface area contributed by atoms with Gasteiger partial charge in [-0.05, 0) is 15.9 Å². The molecule has 11 heavy (non-hydrogen) atoms. The maximum absolute atomic E-state index is 5.06. The Morgan fingerprint density at radius 1 is 1.91 bits per heavy atom. The number of nitrogens with zero attached hydrogens (tertiary/aromatic N) is 1. The molecule has 0 aromatic carbocycles. The molecule has 0 aromatic rings.